The molecule has 242 valence electrons. The van der Waals surface area contributed by atoms with Crippen molar-refractivity contribution < 1.29 is 35.9 Å². The van der Waals surface area contributed by atoms with Crippen molar-refractivity contribution in [1.29, 1.82) is 0 Å². The number of aryl methyl sites for hydroxylation is 1. The van der Waals surface area contributed by atoms with Gasteiger partial charge >= 0.3 is 11.8 Å². The number of rotatable bonds is 8. The summed E-state index contributed by atoms with van der Waals surface area (Å²) in [5.74, 6) is 0. The average molecular weight is 662 g/mol. The summed E-state index contributed by atoms with van der Waals surface area (Å²) in [5, 5.41) is 6.54. The maximum absolute atomic E-state index is 13.9. The highest BCUT2D eigenvalue weighted by molar-refractivity contribution is 7.89. The Morgan fingerprint density at radius 1 is 1.25 bits per heavy atom. The number of sulfonamides is 1. The van der Waals surface area contributed by atoms with Crippen LogP contribution in [0.4, 0.5) is 23.7 Å². The fourth-order valence-corrected chi connectivity index (χ4v) is 7.35. The first-order chi connectivity index (χ1) is 20.6. The molecule has 2 fully saturated rings. The lowest BCUT2D eigenvalue weighted by Gasteiger charge is -2.41. The Bertz CT molecular complexity index is 1720. The van der Waals surface area contributed by atoms with Crippen LogP contribution in [-0.2, 0) is 26.0 Å². The molecule has 18 heteroatoms. The quantitative estimate of drug-likeness (QED) is 0.386. The molecule has 44 heavy (non-hydrogen) atoms. The second-order valence-electron chi connectivity index (χ2n) is 11.9. The largest absolute Gasteiger partial charge is 0.444 e. The molecule has 13 nitrogen and oxygen atoms in total. The van der Waals surface area contributed by atoms with Crippen LogP contribution in [0.15, 0.2) is 21.8 Å². The van der Waals surface area contributed by atoms with Gasteiger partial charge in [0.1, 0.15) is 17.8 Å². The average Bonchev–Trinajstić information content (AvgIpc) is 3.51. The van der Waals surface area contributed by atoms with E-state index >= 15 is 0 Å². The van der Waals surface area contributed by atoms with Gasteiger partial charge in [0.25, 0.3) is 6.43 Å². The van der Waals surface area contributed by atoms with Crippen LogP contribution in [0.1, 0.15) is 46.1 Å². The second-order valence-corrected chi connectivity index (χ2v) is 14.5. The number of ether oxygens (including phenoxy) is 2. The number of imidazole rings is 1. The van der Waals surface area contributed by atoms with E-state index in [0.29, 0.717) is 22.5 Å². The molecule has 0 spiro atoms. The Kier molecular flexibility index (Phi) is 8.49. The van der Waals surface area contributed by atoms with Gasteiger partial charge in [-0.3, -0.25) is 4.57 Å². The Morgan fingerprint density at radius 2 is 1.95 bits per heavy atom. The molecule has 0 saturated carbocycles. The van der Waals surface area contributed by atoms with Gasteiger partial charge in [-0.15, -0.1) is 10.2 Å². The SMILES string of the molecule is CCn1c(=O)n(-c2nnc(C(F)F)s2)c2cc(S(=O)(=O)NC3(CF)COC3)cc(N3CCN(C(=O)OC(C)(C)C)[C@@H](C)C3)c21. The van der Waals surface area contributed by atoms with Crippen molar-refractivity contribution in [1.82, 2.24) is 29.0 Å². The van der Waals surface area contributed by atoms with Crippen molar-refractivity contribution >= 4 is 44.2 Å². The summed E-state index contributed by atoms with van der Waals surface area (Å²) in [4.78, 5) is 29.7. The fourth-order valence-electron chi connectivity index (χ4n) is 5.25. The lowest BCUT2D eigenvalue weighted by molar-refractivity contribution is -0.0725. The number of benzene rings is 1. The summed E-state index contributed by atoms with van der Waals surface area (Å²) < 4.78 is 83.5. The lowest BCUT2D eigenvalue weighted by atomic mass is 10.0. The molecule has 4 heterocycles. The minimum absolute atomic E-state index is 0.0908. The van der Waals surface area contributed by atoms with Gasteiger partial charge in [-0.05, 0) is 46.8 Å². The highest BCUT2D eigenvalue weighted by atomic mass is 32.2. The van der Waals surface area contributed by atoms with Gasteiger partial charge in [0.2, 0.25) is 15.2 Å². The zero-order chi connectivity index (χ0) is 32.2. The molecule has 3 aromatic rings. The highest BCUT2D eigenvalue weighted by Crippen LogP contribution is 2.35. The first kappa shape index (κ1) is 32.2. The molecule has 5 rings (SSSR count). The first-order valence-electron chi connectivity index (χ1n) is 13.9. The maximum Gasteiger partial charge on any atom is 0.410 e. The molecule has 0 radical (unpaired) electrons. The molecule has 0 aliphatic carbocycles. The number of hydrogen-bond acceptors (Lipinski definition) is 10. The zero-order valence-electron chi connectivity index (χ0n) is 24.8. The minimum Gasteiger partial charge on any atom is -0.444 e. The topological polar surface area (TPSA) is 141 Å². The number of carbonyl (C=O) groups excluding carboxylic acids is 1. The van der Waals surface area contributed by atoms with Crippen molar-refractivity contribution in [2.24, 2.45) is 0 Å². The number of anilines is 1. The third-order valence-electron chi connectivity index (χ3n) is 7.37. The van der Waals surface area contributed by atoms with Crippen molar-refractivity contribution in [3.63, 3.8) is 0 Å². The van der Waals surface area contributed by atoms with Gasteiger partial charge in [0.15, 0.2) is 5.01 Å². The van der Waals surface area contributed by atoms with Crippen molar-refractivity contribution in [3.8, 4) is 5.13 Å². The van der Waals surface area contributed by atoms with Gasteiger partial charge < -0.3 is 19.3 Å². The second kappa shape index (κ2) is 11.6. The van der Waals surface area contributed by atoms with Crippen LogP contribution < -0.4 is 15.3 Å². The number of piperazine rings is 1. The predicted molar refractivity (Wildman–Crippen MR) is 156 cm³/mol. The van der Waals surface area contributed by atoms with Crippen molar-refractivity contribution in [2.45, 2.75) is 69.7 Å². The lowest BCUT2D eigenvalue weighted by Crippen LogP contribution is -2.63. The first-order valence-corrected chi connectivity index (χ1v) is 16.2. The van der Waals surface area contributed by atoms with Crippen LogP contribution in [0, 0.1) is 0 Å². The van der Waals surface area contributed by atoms with Gasteiger partial charge in [0.05, 0.1) is 34.8 Å². The van der Waals surface area contributed by atoms with Crippen LogP contribution in [0.2, 0.25) is 0 Å². The van der Waals surface area contributed by atoms with E-state index in [4.69, 9.17) is 9.47 Å². The van der Waals surface area contributed by atoms with E-state index in [9.17, 15) is 31.2 Å². The Labute approximate surface area is 255 Å². The number of nitrogens with one attached hydrogen (secondary N) is 1. The number of hydrogen-bond donors (Lipinski definition) is 1. The Balaban J connectivity index is 1.66. The molecule has 1 N–H and O–H groups in total. The van der Waals surface area contributed by atoms with Crippen LogP contribution in [0.5, 0.6) is 0 Å². The molecular formula is C26H34F3N7O6S2. The zero-order valence-corrected chi connectivity index (χ0v) is 26.5. The smallest absolute Gasteiger partial charge is 0.410 e. The molecule has 1 amide bonds. The standard InChI is InChI=1S/C26H34F3N7O6S2/c1-6-34-19-17(33-7-8-35(15(2)11-33)24(38)42-25(3,4)5)9-16(44(39,40)32-26(12-27)13-41-14-26)10-18(19)36(23(34)37)22-31-30-21(43-22)20(28)29/h9-10,15,20,32H,6-8,11-14H2,1-5H3/t15-/m0/s1. The molecule has 0 bridgehead atoms. The van der Waals surface area contributed by atoms with Gasteiger partial charge in [-0.25, -0.2) is 35.7 Å². The van der Waals surface area contributed by atoms with E-state index in [2.05, 4.69) is 14.9 Å². The van der Waals surface area contributed by atoms with E-state index in [1.807, 2.05) is 11.8 Å². The van der Waals surface area contributed by atoms with Crippen LogP contribution in [0.25, 0.3) is 16.2 Å². The summed E-state index contributed by atoms with van der Waals surface area (Å²) >= 11 is 0.511. The van der Waals surface area contributed by atoms with E-state index in [0.717, 1.165) is 4.57 Å². The number of halogens is 3. The summed E-state index contributed by atoms with van der Waals surface area (Å²) in [6.07, 6.45) is -3.41. The Hall–Kier alpha value is -3.22. The molecular weight excluding hydrogens is 627 g/mol. The molecule has 1 aromatic carbocycles. The third-order valence-corrected chi connectivity index (χ3v) is 9.84. The highest BCUT2D eigenvalue weighted by Gasteiger charge is 2.43. The van der Waals surface area contributed by atoms with E-state index in [1.165, 1.54) is 16.7 Å². The summed E-state index contributed by atoms with van der Waals surface area (Å²) in [5.41, 5.74) is -1.97. The summed E-state index contributed by atoms with van der Waals surface area (Å²) in [7, 11) is -4.38. The third kappa shape index (κ3) is 5.91. The fraction of sp³-hybridized carbons (Fsp3) is 0.615. The number of nitrogens with zero attached hydrogens (tertiary/aromatic N) is 6. The van der Waals surface area contributed by atoms with Crippen LogP contribution in [0.3, 0.4) is 0 Å². The summed E-state index contributed by atoms with van der Waals surface area (Å²) in [6, 6.07) is 2.27. The number of amides is 1. The number of carbonyl (C=O) groups is 1. The molecule has 1 atom stereocenters. The minimum atomic E-state index is -4.38. The number of aromatic nitrogens is 4. The van der Waals surface area contributed by atoms with E-state index in [-0.39, 0.29) is 61.0 Å². The molecule has 2 aliphatic heterocycles. The monoisotopic (exact) mass is 661 g/mol. The van der Waals surface area contributed by atoms with Gasteiger partial charge in [-0.1, -0.05) is 11.3 Å². The Morgan fingerprint density at radius 3 is 2.48 bits per heavy atom. The van der Waals surface area contributed by atoms with E-state index < -0.39 is 51.1 Å². The normalized spacial score (nSPS) is 19.1. The predicted octanol–water partition coefficient (Wildman–Crippen LogP) is 3.06. The summed E-state index contributed by atoms with van der Waals surface area (Å²) in [6.45, 7) is 8.45. The maximum atomic E-state index is 13.9. The molecule has 2 saturated heterocycles. The van der Waals surface area contributed by atoms with Crippen LogP contribution in [-0.4, -0.2) is 95.4 Å². The van der Waals surface area contributed by atoms with Crippen molar-refractivity contribution in [3.05, 3.63) is 27.6 Å². The van der Waals surface area contributed by atoms with Gasteiger partial charge in [-0.2, -0.15) is 4.72 Å². The van der Waals surface area contributed by atoms with Gasteiger partial charge in [0, 0.05) is 32.2 Å². The molecule has 2 aromatic heterocycles. The molecule has 2 aliphatic rings. The van der Waals surface area contributed by atoms with Crippen LogP contribution >= 0.6 is 11.3 Å². The molecule has 0 unspecified atom stereocenters. The van der Waals surface area contributed by atoms with E-state index in [1.54, 1.807) is 32.6 Å². The number of alkyl halides is 3. The number of fused-ring (bicyclic) bond motifs is 1. The van der Waals surface area contributed by atoms with Crippen molar-refractivity contribution in [2.75, 3.05) is 44.4 Å².